The summed E-state index contributed by atoms with van der Waals surface area (Å²) in [6.45, 7) is 1.86. The van der Waals surface area contributed by atoms with Crippen LogP contribution in [0.1, 0.15) is 24.1 Å². The highest BCUT2D eigenvalue weighted by Gasteiger charge is 2.52. The summed E-state index contributed by atoms with van der Waals surface area (Å²) in [5.41, 5.74) is 1.17. The molecule has 1 amide bonds. The molecule has 25 heavy (non-hydrogen) atoms. The number of aromatic nitrogens is 4. The van der Waals surface area contributed by atoms with Crippen molar-refractivity contribution in [2.75, 3.05) is 5.32 Å². The summed E-state index contributed by atoms with van der Waals surface area (Å²) in [5, 5.41) is 7.15. The quantitative estimate of drug-likeness (QED) is 0.794. The molecule has 1 N–H and O–H groups in total. The van der Waals surface area contributed by atoms with E-state index in [1.54, 1.807) is 41.3 Å². The van der Waals surface area contributed by atoms with Gasteiger partial charge >= 0.3 is 0 Å². The van der Waals surface area contributed by atoms with E-state index >= 15 is 0 Å². The number of rotatable bonds is 4. The molecular weight excluding hydrogens is 321 g/mol. The third-order valence-electron chi connectivity index (χ3n) is 4.54. The van der Waals surface area contributed by atoms with E-state index in [9.17, 15) is 9.18 Å². The fourth-order valence-electron chi connectivity index (χ4n) is 2.96. The normalized spacial score (nSPS) is 15.0. The van der Waals surface area contributed by atoms with Gasteiger partial charge in [-0.1, -0.05) is 18.2 Å². The Bertz CT molecular complexity index is 948. The van der Waals surface area contributed by atoms with E-state index < -0.39 is 5.41 Å². The Kier molecular flexibility index (Phi) is 3.56. The van der Waals surface area contributed by atoms with Gasteiger partial charge < -0.3 is 5.32 Å². The minimum atomic E-state index is -0.791. The van der Waals surface area contributed by atoms with E-state index in [1.807, 2.05) is 6.92 Å². The van der Waals surface area contributed by atoms with E-state index in [4.69, 9.17) is 0 Å². The van der Waals surface area contributed by atoms with Gasteiger partial charge in [0.15, 0.2) is 5.82 Å². The van der Waals surface area contributed by atoms with Gasteiger partial charge in [-0.15, -0.1) is 5.10 Å². The second-order valence-corrected chi connectivity index (χ2v) is 6.16. The second-order valence-electron chi connectivity index (χ2n) is 6.16. The maximum absolute atomic E-state index is 14.1. The van der Waals surface area contributed by atoms with E-state index in [1.165, 1.54) is 12.4 Å². The van der Waals surface area contributed by atoms with Crippen LogP contribution in [0.15, 0.2) is 49.1 Å². The number of halogens is 1. The molecule has 0 atom stereocenters. The molecule has 2 heterocycles. The van der Waals surface area contributed by atoms with Crippen molar-refractivity contribution >= 4 is 11.7 Å². The molecule has 1 aromatic carbocycles. The van der Waals surface area contributed by atoms with Crippen LogP contribution < -0.4 is 5.32 Å². The number of hydrogen-bond donors (Lipinski definition) is 1. The third kappa shape index (κ3) is 2.67. The first-order chi connectivity index (χ1) is 12.1. The average molecular weight is 337 g/mol. The summed E-state index contributed by atoms with van der Waals surface area (Å²) in [7, 11) is 0. The number of nitrogens with one attached hydrogen (secondary N) is 1. The van der Waals surface area contributed by atoms with E-state index in [0.717, 1.165) is 11.4 Å². The topological polar surface area (TPSA) is 72.7 Å². The summed E-state index contributed by atoms with van der Waals surface area (Å²) in [5.74, 6) is -0.169. The highest BCUT2D eigenvalue weighted by Crippen LogP contribution is 2.49. The Morgan fingerprint density at radius 1 is 1.28 bits per heavy atom. The van der Waals surface area contributed by atoms with Crippen LogP contribution in [-0.4, -0.2) is 25.7 Å². The standard InChI is InChI=1S/C18H16FN5O/c1-12-15(10-20-11-21-12)24-9-6-16(23-24)22-17(25)18(7-8-18)13-4-2-3-5-14(13)19/h2-6,9-11H,7-8H2,1H3,(H,22,23,25). The van der Waals surface area contributed by atoms with E-state index in [-0.39, 0.29) is 11.7 Å². The Balaban J connectivity index is 1.57. The van der Waals surface area contributed by atoms with Crippen molar-refractivity contribution in [3.8, 4) is 5.69 Å². The largest absolute Gasteiger partial charge is 0.308 e. The van der Waals surface area contributed by atoms with Crippen molar-refractivity contribution in [1.82, 2.24) is 19.7 Å². The number of carbonyl (C=O) groups is 1. The number of hydrogen-bond acceptors (Lipinski definition) is 4. The molecule has 0 bridgehead atoms. The molecule has 126 valence electrons. The highest BCUT2D eigenvalue weighted by molar-refractivity contribution is 6.00. The van der Waals surface area contributed by atoms with Gasteiger partial charge in [0, 0.05) is 17.8 Å². The fraction of sp³-hybridized carbons (Fsp3) is 0.222. The first-order valence-corrected chi connectivity index (χ1v) is 7.99. The molecule has 0 unspecified atom stereocenters. The van der Waals surface area contributed by atoms with Crippen LogP contribution in [0, 0.1) is 12.7 Å². The lowest BCUT2D eigenvalue weighted by molar-refractivity contribution is -0.118. The molecule has 1 saturated carbocycles. The predicted octanol–water partition coefficient (Wildman–Crippen LogP) is 2.78. The molecule has 1 aliphatic rings. The van der Waals surface area contributed by atoms with Gasteiger partial charge in [0.25, 0.3) is 0 Å². The molecule has 3 aromatic rings. The lowest BCUT2D eigenvalue weighted by Gasteiger charge is -2.15. The summed E-state index contributed by atoms with van der Waals surface area (Å²) >= 11 is 0. The minimum Gasteiger partial charge on any atom is -0.308 e. The maximum atomic E-state index is 14.1. The number of anilines is 1. The molecule has 6 nitrogen and oxygen atoms in total. The third-order valence-corrected chi connectivity index (χ3v) is 4.54. The lowest BCUT2D eigenvalue weighted by atomic mass is 9.94. The van der Waals surface area contributed by atoms with Crippen LogP contribution in [0.2, 0.25) is 0 Å². The Hall–Kier alpha value is -3.09. The van der Waals surface area contributed by atoms with Crippen molar-refractivity contribution in [1.29, 1.82) is 0 Å². The fourth-order valence-corrected chi connectivity index (χ4v) is 2.96. The molecule has 0 aliphatic heterocycles. The first kappa shape index (κ1) is 15.4. The van der Waals surface area contributed by atoms with Crippen molar-refractivity contribution in [3.05, 3.63) is 66.1 Å². The minimum absolute atomic E-state index is 0.233. The number of aryl methyl sites for hydroxylation is 1. The zero-order valence-electron chi connectivity index (χ0n) is 13.6. The molecule has 0 spiro atoms. The number of carbonyl (C=O) groups excluding carboxylic acids is 1. The van der Waals surface area contributed by atoms with Gasteiger partial charge in [-0.3, -0.25) is 4.79 Å². The van der Waals surface area contributed by atoms with Crippen molar-refractivity contribution in [2.45, 2.75) is 25.2 Å². The predicted molar refractivity (Wildman–Crippen MR) is 89.8 cm³/mol. The monoisotopic (exact) mass is 337 g/mol. The van der Waals surface area contributed by atoms with Gasteiger partial charge in [0.1, 0.15) is 17.8 Å². The lowest BCUT2D eigenvalue weighted by Crippen LogP contribution is -2.29. The van der Waals surface area contributed by atoms with E-state index in [2.05, 4.69) is 20.4 Å². The molecule has 4 rings (SSSR count). The van der Waals surface area contributed by atoms with Crippen LogP contribution in [0.3, 0.4) is 0 Å². The van der Waals surface area contributed by atoms with Gasteiger partial charge in [0.2, 0.25) is 5.91 Å². The van der Waals surface area contributed by atoms with Crippen LogP contribution in [0.4, 0.5) is 10.2 Å². The zero-order valence-corrected chi connectivity index (χ0v) is 13.6. The summed E-state index contributed by atoms with van der Waals surface area (Å²) in [6, 6.07) is 8.12. The molecule has 1 fully saturated rings. The van der Waals surface area contributed by atoms with Crippen molar-refractivity contribution in [2.24, 2.45) is 0 Å². The van der Waals surface area contributed by atoms with Crippen molar-refractivity contribution < 1.29 is 9.18 Å². The number of nitrogens with zero attached hydrogens (tertiary/aromatic N) is 4. The highest BCUT2D eigenvalue weighted by atomic mass is 19.1. The van der Waals surface area contributed by atoms with Crippen LogP contribution in [-0.2, 0) is 10.2 Å². The Morgan fingerprint density at radius 3 is 2.80 bits per heavy atom. The van der Waals surface area contributed by atoms with E-state index in [0.29, 0.717) is 24.2 Å². The first-order valence-electron chi connectivity index (χ1n) is 7.99. The SMILES string of the molecule is Cc1ncncc1-n1ccc(NC(=O)C2(c3ccccc3F)CC2)n1. The van der Waals surface area contributed by atoms with Gasteiger partial charge in [-0.2, -0.15) is 0 Å². The Morgan fingerprint density at radius 2 is 2.08 bits per heavy atom. The summed E-state index contributed by atoms with van der Waals surface area (Å²) < 4.78 is 15.7. The summed E-state index contributed by atoms with van der Waals surface area (Å²) in [4.78, 5) is 20.8. The van der Waals surface area contributed by atoms with Crippen LogP contribution in [0.25, 0.3) is 5.69 Å². The van der Waals surface area contributed by atoms with Crippen molar-refractivity contribution in [3.63, 3.8) is 0 Å². The van der Waals surface area contributed by atoms with Gasteiger partial charge in [0.05, 0.1) is 17.3 Å². The number of benzene rings is 1. The second kappa shape index (κ2) is 5.77. The molecular formula is C18H16FN5O. The van der Waals surface area contributed by atoms with Gasteiger partial charge in [-0.05, 0) is 25.8 Å². The zero-order chi connectivity index (χ0) is 17.4. The molecule has 7 heteroatoms. The number of amides is 1. The molecule has 0 saturated heterocycles. The summed E-state index contributed by atoms with van der Waals surface area (Å²) in [6.07, 6.45) is 6.11. The Labute approximate surface area is 143 Å². The van der Waals surface area contributed by atoms with Crippen LogP contribution in [0.5, 0.6) is 0 Å². The smallest absolute Gasteiger partial charge is 0.236 e. The van der Waals surface area contributed by atoms with Gasteiger partial charge in [-0.25, -0.2) is 19.0 Å². The molecule has 0 radical (unpaired) electrons. The van der Waals surface area contributed by atoms with Crippen LogP contribution >= 0.6 is 0 Å². The molecule has 1 aliphatic carbocycles. The maximum Gasteiger partial charge on any atom is 0.236 e. The average Bonchev–Trinajstić information content (AvgIpc) is 3.29. The molecule has 2 aromatic heterocycles.